The first kappa shape index (κ1) is 15.3. The first-order valence-electron chi connectivity index (χ1n) is 8.18. The number of aryl methyl sites for hydroxylation is 1. The van der Waals surface area contributed by atoms with Gasteiger partial charge in [-0.15, -0.1) is 0 Å². The first-order valence-corrected chi connectivity index (χ1v) is 8.18. The van der Waals surface area contributed by atoms with Crippen LogP contribution in [-0.2, 0) is 13.1 Å². The molecular formula is C18H17N4O3+. The number of imidazole rings is 1. The third-order valence-electron chi connectivity index (χ3n) is 4.52. The molecule has 1 aromatic heterocycles. The van der Waals surface area contributed by atoms with Gasteiger partial charge in [0.2, 0.25) is 0 Å². The molecule has 0 saturated heterocycles. The van der Waals surface area contributed by atoms with Crippen molar-refractivity contribution in [2.75, 3.05) is 11.9 Å². The van der Waals surface area contributed by atoms with E-state index in [2.05, 4.69) is 16.0 Å². The maximum absolute atomic E-state index is 12.7. The number of carbonyl (C=O) groups is 1. The Morgan fingerprint density at radius 2 is 1.96 bits per heavy atom. The third kappa shape index (κ3) is 2.63. The molecule has 25 heavy (non-hydrogen) atoms. The van der Waals surface area contributed by atoms with Gasteiger partial charge >= 0.3 is 5.95 Å². The Kier molecular flexibility index (Phi) is 3.68. The van der Waals surface area contributed by atoms with E-state index < -0.39 is 4.92 Å². The van der Waals surface area contributed by atoms with Crippen LogP contribution >= 0.6 is 0 Å². The number of benzene rings is 2. The molecule has 7 heteroatoms. The molecule has 0 aliphatic carbocycles. The van der Waals surface area contributed by atoms with E-state index in [0.717, 1.165) is 36.5 Å². The summed E-state index contributed by atoms with van der Waals surface area (Å²) in [6, 6.07) is 13.8. The monoisotopic (exact) mass is 337 g/mol. The fourth-order valence-corrected chi connectivity index (χ4v) is 3.31. The van der Waals surface area contributed by atoms with E-state index in [0.29, 0.717) is 5.56 Å². The molecule has 1 aliphatic heterocycles. The smallest absolute Gasteiger partial charge is 0.291 e. The predicted molar refractivity (Wildman–Crippen MR) is 92.7 cm³/mol. The minimum Gasteiger partial charge on any atom is -0.291 e. The topological polar surface area (TPSA) is 81.0 Å². The van der Waals surface area contributed by atoms with Crippen LogP contribution in [0.25, 0.3) is 11.0 Å². The summed E-state index contributed by atoms with van der Waals surface area (Å²) >= 11 is 0. The third-order valence-corrected chi connectivity index (χ3v) is 4.52. The van der Waals surface area contributed by atoms with E-state index in [1.54, 1.807) is 0 Å². The summed E-state index contributed by atoms with van der Waals surface area (Å²) in [5.41, 5.74) is 2.55. The SMILES string of the molecule is O=C(Cn1c2[n+](c3ccccc31)CCCN2)c1ccc([N+](=O)[O-])cc1. The van der Waals surface area contributed by atoms with Crippen molar-refractivity contribution in [2.45, 2.75) is 19.5 Å². The number of rotatable bonds is 4. The van der Waals surface area contributed by atoms with Gasteiger partial charge in [-0.3, -0.25) is 20.2 Å². The minimum atomic E-state index is -0.468. The maximum atomic E-state index is 12.7. The Balaban J connectivity index is 1.71. The minimum absolute atomic E-state index is 0.0161. The number of fused-ring (bicyclic) bond motifs is 3. The van der Waals surface area contributed by atoms with Crippen LogP contribution in [0.4, 0.5) is 11.6 Å². The molecule has 4 rings (SSSR count). The Labute approximate surface area is 143 Å². The van der Waals surface area contributed by atoms with Gasteiger partial charge in [0.25, 0.3) is 5.69 Å². The van der Waals surface area contributed by atoms with Crippen LogP contribution in [0, 0.1) is 10.1 Å². The summed E-state index contributed by atoms with van der Waals surface area (Å²) in [6.45, 7) is 1.98. The number of nitrogens with zero attached hydrogens (tertiary/aromatic N) is 3. The van der Waals surface area contributed by atoms with Crippen LogP contribution in [0.15, 0.2) is 48.5 Å². The highest BCUT2D eigenvalue weighted by Crippen LogP contribution is 2.21. The molecule has 7 nitrogen and oxygen atoms in total. The second-order valence-corrected chi connectivity index (χ2v) is 6.06. The molecule has 0 saturated carbocycles. The molecule has 126 valence electrons. The quantitative estimate of drug-likeness (QED) is 0.343. The van der Waals surface area contributed by atoms with Crippen molar-refractivity contribution < 1.29 is 14.3 Å². The lowest BCUT2D eigenvalue weighted by molar-refractivity contribution is -0.661. The first-order chi connectivity index (χ1) is 12.1. The lowest BCUT2D eigenvalue weighted by Gasteiger charge is -2.11. The number of nitrogens with one attached hydrogen (secondary N) is 1. The zero-order valence-corrected chi connectivity index (χ0v) is 13.5. The Hall–Kier alpha value is -3.22. The lowest BCUT2D eigenvalue weighted by atomic mass is 10.1. The standard InChI is InChI=1S/C18H16N4O3/c23-17(13-6-8-14(9-7-13)22(24)25)12-21-16-5-2-1-4-15(16)20-11-3-10-19-18(20)21/h1-2,4-9H,3,10-12H2/p+1. The highest BCUT2D eigenvalue weighted by molar-refractivity contribution is 5.97. The summed E-state index contributed by atoms with van der Waals surface area (Å²) in [7, 11) is 0. The highest BCUT2D eigenvalue weighted by Gasteiger charge is 2.27. The second kappa shape index (κ2) is 6.01. The number of aromatic nitrogens is 2. The van der Waals surface area contributed by atoms with E-state index in [-0.39, 0.29) is 18.0 Å². The van der Waals surface area contributed by atoms with Crippen LogP contribution in [0.5, 0.6) is 0 Å². The molecule has 0 unspecified atom stereocenters. The lowest BCUT2D eigenvalue weighted by Crippen LogP contribution is -2.42. The van der Waals surface area contributed by atoms with Crippen molar-refractivity contribution in [3.63, 3.8) is 0 Å². The summed E-state index contributed by atoms with van der Waals surface area (Å²) < 4.78 is 4.18. The van der Waals surface area contributed by atoms with E-state index in [1.165, 1.54) is 24.3 Å². The number of para-hydroxylation sites is 2. The number of non-ortho nitro benzene ring substituents is 1. The molecule has 0 spiro atoms. The molecule has 0 amide bonds. The van der Waals surface area contributed by atoms with Gasteiger partial charge < -0.3 is 0 Å². The largest absolute Gasteiger partial charge is 0.358 e. The highest BCUT2D eigenvalue weighted by atomic mass is 16.6. The number of ketones is 1. The molecule has 1 N–H and O–H groups in total. The van der Waals surface area contributed by atoms with E-state index in [4.69, 9.17) is 0 Å². The summed E-state index contributed by atoms with van der Waals surface area (Å²) in [5, 5.41) is 14.1. The summed E-state index contributed by atoms with van der Waals surface area (Å²) in [4.78, 5) is 23.0. The van der Waals surface area contributed by atoms with Crippen LogP contribution in [-0.4, -0.2) is 21.8 Å². The molecule has 1 aliphatic rings. The number of hydrogen-bond acceptors (Lipinski definition) is 4. The van der Waals surface area contributed by atoms with Crippen molar-refractivity contribution >= 4 is 28.5 Å². The van der Waals surface area contributed by atoms with Crippen molar-refractivity contribution in [1.29, 1.82) is 0 Å². The molecule has 0 radical (unpaired) electrons. The van der Waals surface area contributed by atoms with Gasteiger partial charge in [-0.25, -0.2) is 9.13 Å². The Morgan fingerprint density at radius 3 is 2.72 bits per heavy atom. The van der Waals surface area contributed by atoms with Gasteiger partial charge in [0.15, 0.2) is 5.78 Å². The van der Waals surface area contributed by atoms with Crippen molar-refractivity contribution in [3.8, 4) is 0 Å². The van der Waals surface area contributed by atoms with Crippen molar-refractivity contribution in [2.24, 2.45) is 0 Å². The molecule has 3 aromatic rings. The summed E-state index contributed by atoms with van der Waals surface area (Å²) in [6.07, 6.45) is 1.04. The predicted octanol–water partition coefficient (Wildman–Crippen LogP) is 2.54. The normalized spacial score (nSPS) is 13.3. The van der Waals surface area contributed by atoms with Crippen LogP contribution in [0.2, 0.25) is 0 Å². The number of carbonyl (C=O) groups excluding carboxylic acids is 1. The number of hydrogen-bond donors (Lipinski definition) is 1. The fraction of sp³-hybridized carbons (Fsp3) is 0.222. The number of anilines is 1. The van der Waals surface area contributed by atoms with Gasteiger partial charge in [0.1, 0.15) is 17.6 Å². The van der Waals surface area contributed by atoms with Crippen LogP contribution < -0.4 is 9.88 Å². The van der Waals surface area contributed by atoms with Gasteiger partial charge in [-0.2, -0.15) is 0 Å². The average Bonchev–Trinajstić information content (AvgIpc) is 2.96. The number of nitro groups is 1. The zero-order chi connectivity index (χ0) is 17.4. The van der Waals surface area contributed by atoms with Gasteiger partial charge in [0, 0.05) is 24.1 Å². The second-order valence-electron chi connectivity index (χ2n) is 6.06. The molecule has 0 fully saturated rings. The van der Waals surface area contributed by atoms with E-state index in [9.17, 15) is 14.9 Å². The summed E-state index contributed by atoms with van der Waals surface area (Å²) in [5.74, 6) is 0.856. The molecule has 0 atom stereocenters. The zero-order valence-electron chi connectivity index (χ0n) is 13.5. The Morgan fingerprint density at radius 1 is 1.20 bits per heavy atom. The average molecular weight is 337 g/mol. The number of nitro benzene ring substituents is 1. The van der Waals surface area contributed by atoms with Crippen molar-refractivity contribution in [3.05, 3.63) is 64.2 Å². The number of Topliss-reactive ketones (excluding diaryl/α,β-unsaturated/α-hetero) is 1. The van der Waals surface area contributed by atoms with E-state index in [1.807, 2.05) is 22.8 Å². The van der Waals surface area contributed by atoms with Gasteiger partial charge in [-0.05, 0) is 24.3 Å². The van der Waals surface area contributed by atoms with E-state index >= 15 is 0 Å². The molecular weight excluding hydrogens is 320 g/mol. The Bertz CT molecular complexity index is 976. The van der Waals surface area contributed by atoms with Crippen molar-refractivity contribution in [1.82, 2.24) is 4.57 Å². The van der Waals surface area contributed by atoms with Gasteiger partial charge in [-0.1, -0.05) is 12.1 Å². The fourth-order valence-electron chi connectivity index (χ4n) is 3.31. The maximum Gasteiger partial charge on any atom is 0.358 e. The van der Waals surface area contributed by atoms with Crippen LogP contribution in [0.3, 0.4) is 0 Å². The molecule has 2 heterocycles. The molecule has 2 aromatic carbocycles. The molecule has 0 bridgehead atoms. The van der Waals surface area contributed by atoms with Crippen LogP contribution in [0.1, 0.15) is 16.8 Å². The van der Waals surface area contributed by atoms with Gasteiger partial charge in [0.05, 0.1) is 18.0 Å².